The molecule has 0 saturated carbocycles. The third-order valence-corrected chi connectivity index (χ3v) is 2.85. The van der Waals surface area contributed by atoms with E-state index in [1.165, 1.54) is 13.2 Å². The normalized spacial score (nSPS) is 13.4. The van der Waals surface area contributed by atoms with Crippen LogP contribution in [-0.4, -0.2) is 7.11 Å². The number of rotatable bonds is 4. The van der Waals surface area contributed by atoms with Gasteiger partial charge in [0.2, 0.25) is 0 Å². The van der Waals surface area contributed by atoms with E-state index in [4.69, 9.17) is 14.9 Å². The summed E-state index contributed by atoms with van der Waals surface area (Å²) in [6.45, 7) is 0.287. The van der Waals surface area contributed by atoms with Crippen molar-refractivity contribution in [3.63, 3.8) is 0 Å². The second kappa shape index (κ2) is 5.68. The molecule has 1 aromatic carbocycles. The van der Waals surface area contributed by atoms with Gasteiger partial charge in [0.1, 0.15) is 18.1 Å². The molecule has 20 heavy (non-hydrogen) atoms. The summed E-state index contributed by atoms with van der Waals surface area (Å²) in [5, 5.41) is 0. The highest BCUT2D eigenvalue weighted by Gasteiger charge is 2.31. The van der Waals surface area contributed by atoms with Gasteiger partial charge in [-0.05, 0) is 29.8 Å². The number of halogens is 3. The summed E-state index contributed by atoms with van der Waals surface area (Å²) in [5.41, 5.74) is 5.55. The van der Waals surface area contributed by atoms with Gasteiger partial charge < -0.3 is 14.9 Å². The zero-order valence-electron chi connectivity index (χ0n) is 10.8. The molecule has 2 N–H and O–H groups in total. The van der Waals surface area contributed by atoms with E-state index in [-0.39, 0.29) is 6.61 Å². The Labute approximate surface area is 114 Å². The predicted octanol–water partition coefficient (Wildman–Crippen LogP) is 3.49. The molecule has 0 radical (unpaired) electrons. The van der Waals surface area contributed by atoms with Crippen LogP contribution in [0.5, 0.6) is 0 Å². The Balaban J connectivity index is 2.26. The maximum Gasteiger partial charge on any atom is 0.416 e. The summed E-state index contributed by atoms with van der Waals surface area (Å²) >= 11 is 0. The summed E-state index contributed by atoms with van der Waals surface area (Å²) in [5.74, 6) is 0.973. The van der Waals surface area contributed by atoms with Gasteiger partial charge in [0, 0.05) is 7.11 Å². The smallest absolute Gasteiger partial charge is 0.416 e. The maximum atomic E-state index is 12.7. The van der Waals surface area contributed by atoms with E-state index in [0.29, 0.717) is 17.1 Å². The van der Waals surface area contributed by atoms with Crippen LogP contribution in [0.1, 0.15) is 28.7 Å². The Morgan fingerprint density at radius 1 is 1.25 bits per heavy atom. The van der Waals surface area contributed by atoms with E-state index in [1.54, 1.807) is 18.2 Å². The van der Waals surface area contributed by atoms with Crippen molar-refractivity contribution in [2.75, 3.05) is 7.11 Å². The second-order valence-electron chi connectivity index (χ2n) is 4.34. The SMILES string of the molecule is COCc1ccc(C(N)c2cccc(C(F)(F)F)c2)o1. The molecule has 0 aliphatic heterocycles. The number of hydrogen-bond donors (Lipinski definition) is 1. The first-order chi connectivity index (χ1) is 9.41. The van der Waals surface area contributed by atoms with Gasteiger partial charge in [-0.1, -0.05) is 12.1 Å². The van der Waals surface area contributed by atoms with Crippen molar-refractivity contribution < 1.29 is 22.3 Å². The molecule has 0 saturated heterocycles. The van der Waals surface area contributed by atoms with Gasteiger partial charge in [0.15, 0.2) is 0 Å². The average molecular weight is 285 g/mol. The average Bonchev–Trinajstić information content (AvgIpc) is 2.86. The number of benzene rings is 1. The number of ether oxygens (including phenoxy) is 1. The fraction of sp³-hybridized carbons (Fsp3) is 0.286. The summed E-state index contributed by atoms with van der Waals surface area (Å²) < 4.78 is 48.3. The van der Waals surface area contributed by atoms with Crippen molar-refractivity contribution in [2.45, 2.75) is 18.8 Å². The van der Waals surface area contributed by atoms with Crippen molar-refractivity contribution in [2.24, 2.45) is 5.73 Å². The molecule has 0 fully saturated rings. The minimum Gasteiger partial charge on any atom is -0.462 e. The largest absolute Gasteiger partial charge is 0.462 e. The summed E-state index contributed by atoms with van der Waals surface area (Å²) in [7, 11) is 1.52. The Morgan fingerprint density at radius 2 is 2.00 bits per heavy atom. The zero-order chi connectivity index (χ0) is 14.8. The Hall–Kier alpha value is -1.79. The lowest BCUT2D eigenvalue weighted by Crippen LogP contribution is -2.13. The number of furan rings is 1. The molecule has 1 heterocycles. The van der Waals surface area contributed by atoms with E-state index >= 15 is 0 Å². The van der Waals surface area contributed by atoms with Gasteiger partial charge in [0.05, 0.1) is 11.6 Å². The van der Waals surface area contributed by atoms with Crippen LogP contribution < -0.4 is 5.73 Å². The molecule has 0 aliphatic rings. The number of alkyl halides is 3. The van der Waals surface area contributed by atoms with Gasteiger partial charge >= 0.3 is 6.18 Å². The number of methoxy groups -OCH3 is 1. The van der Waals surface area contributed by atoms with Gasteiger partial charge in [0.25, 0.3) is 0 Å². The van der Waals surface area contributed by atoms with Crippen LogP contribution >= 0.6 is 0 Å². The molecular formula is C14H14F3NO2. The summed E-state index contributed by atoms with van der Waals surface area (Å²) in [6.07, 6.45) is -4.39. The highest BCUT2D eigenvalue weighted by atomic mass is 19.4. The van der Waals surface area contributed by atoms with Crippen molar-refractivity contribution in [1.29, 1.82) is 0 Å². The molecular weight excluding hydrogens is 271 g/mol. The predicted molar refractivity (Wildman–Crippen MR) is 66.9 cm³/mol. The van der Waals surface area contributed by atoms with Crippen LogP contribution in [0.4, 0.5) is 13.2 Å². The lowest BCUT2D eigenvalue weighted by Gasteiger charge is -2.12. The van der Waals surface area contributed by atoms with E-state index in [9.17, 15) is 13.2 Å². The van der Waals surface area contributed by atoms with Crippen LogP contribution in [0.25, 0.3) is 0 Å². The molecule has 2 aromatic rings. The molecule has 0 bridgehead atoms. The van der Waals surface area contributed by atoms with Crippen molar-refractivity contribution in [3.8, 4) is 0 Å². The molecule has 1 aromatic heterocycles. The molecule has 0 amide bonds. The minimum absolute atomic E-state index is 0.287. The highest BCUT2D eigenvalue weighted by Crippen LogP contribution is 2.31. The fourth-order valence-corrected chi connectivity index (χ4v) is 1.85. The third kappa shape index (κ3) is 3.20. The lowest BCUT2D eigenvalue weighted by atomic mass is 10.0. The number of hydrogen-bond acceptors (Lipinski definition) is 3. The molecule has 1 unspecified atom stereocenters. The molecule has 1 atom stereocenters. The first-order valence-corrected chi connectivity index (χ1v) is 5.92. The lowest BCUT2D eigenvalue weighted by molar-refractivity contribution is -0.137. The maximum absolute atomic E-state index is 12.7. The molecule has 0 aliphatic carbocycles. The molecule has 3 nitrogen and oxygen atoms in total. The van der Waals surface area contributed by atoms with Crippen LogP contribution in [0.3, 0.4) is 0 Å². The fourth-order valence-electron chi connectivity index (χ4n) is 1.85. The highest BCUT2D eigenvalue weighted by molar-refractivity contribution is 5.32. The first-order valence-electron chi connectivity index (χ1n) is 5.92. The van der Waals surface area contributed by atoms with E-state index in [2.05, 4.69) is 0 Å². The van der Waals surface area contributed by atoms with Gasteiger partial charge in [-0.3, -0.25) is 0 Å². The van der Waals surface area contributed by atoms with Crippen molar-refractivity contribution in [3.05, 3.63) is 59.0 Å². The van der Waals surface area contributed by atoms with E-state index < -0.39 is 17.8 Å². The standard InChI is InChI=1S/C14H14F3NO2/c1-19-8-11-5-6-12(20-11)13(18)9-3-2-4-10(7-9)14(15,16)17/h2-7,13H,8,18H2,1H3. The third-order valence-electron chi connectivity index (χ3n) is 2.85. The first kappa shape index (κ1) is 14.6. The molecule has 108 valence electrons. The Morgan fingerprint density at radius 3 is 2.65 bits per heavy atom. The summed E-state index contributed by atoms with van der Waals surface area (Å²) in [4.78, 5) is 0. The quantitative estimate of drug-likeness (QED) is 0.935. The topological polar surface area (TPSA) is 48.4 Å². The van der Waals surface area contributed by atoms with Crippen LogP contribution in [-0.2, 0) is 17.5 Å². The van der Waals surface area contributed by atoms with Crippen LogP contribution in [0, 0.1) is 0 Å². The van der Waals surface area contributed by atoms with E-state index in [1.807, 2.05) is 0 Å². The molecule has 6 heteroatoms. The molecule has 0 spiro atoms. The Kier molecular flexibility index (Phi) is 4.15. The van der Waals surface area contributed by atoms with Gasteiger partial charge in [-0.15, -0.1) is 0 Å². The zero-order valence-corrected chi connectivity index (χ0v) is 10.8. The second-order valence-corrected chi connectivity index (χ2v) is 4.34. The minimum atomic E-state index is -4.39. The Bertz CT molecular complexity index is 578. The van der Waals surface area contributed by atoms with Crippen molar-refractivity contribution >= 4 is 0 Å². The van der Waals surface area contributed by atoms with Crippen LogP contribution in [0.2, 0.25) is 0 Å². The summed E-state index contributed by atoms with van der Waals surface area (Å²) in [6, 6.07) is 7.49. The van der Waals surface area contributed by atoms with E-state index in [0.717, 1.165) is 12.1 Å². The van der Waals surface area contributed by atoms with Crippen LogP contribution in [0.15, 0.2) is 40.8 Å². The monoisotopic (exact) mass is 285 g/mol. The van der Waals surface area contributed by atoms with Crippen molar-refractivity contribution in [1.82, 2.24) is 0 Å². The molecule has 2 rings (SSSR count). The van der Waals surface area contributed by atoms with Gasteiger partial charge in [-0.2, -0.15) is 13.2 Å². The van der Waals surface area contributed by atoms with Gasteiger partial charge in [-0.25, -0.2) is 0 Å². The number of nitrogens with two attached hydrogens (primary N) is 1.